The maximum absolute atomic E-state index is 12.8. The maximum atomic E-state index is 12.8. The molecular formula is C23H21N3O4. The number of benzene rings is 1. The van der Waals surface area contributed by atoms with Gasteiger partial charge in [-0.3, -0.25) is 4.79 Å². The largest absolute Gasteiger partial charge is 0.493 e. The van der Waals surface area contributed by atoms with E-state index < -0.39 is 0 Å². The summed E-state index contributed by atoms with van der Waals surface area (Å²) in [6.45, 7) is 1.94. The van der Waals surface area contributed by atoms with Gasteiger partial charge in [0.2, 0.25) is 0 Å². The van der Waals surface area contributed by atoms with Crippen molar-refractivity contribution in [1.29, 1.82) is 0 Å². The molecule has 0 spiro atoms. The highest BCUT2D eigenvalue weighted by Crippen LogP contribution is 2.37. The van der Waals surface area contributed by atoms with Gasteiger partial charge in [0.15, 0.2) is 22.9 Å². The summed E-state index contributed by atoms with van der Waals surface area (Å²) >= 11 is 0. The van der Waals surface area contributed by atoms with E-state index in [2.05, 4.69) is 5.10 Å². The van der Waals surface area contributed by atoms with Crippen LogP contribution in [0.1, 0.15) is 39.8 Å². The highest BCUT2D eigenvalue weighted by molar-refractivity contribution is 5.99. The zero-order valence-electron chi connectivity index (χ0n) is 17.0. The highest BCUT2D eigenvalue weighted by Gasteiger charge is 2.30. The molecule has 0 amide bonds. The summed E-state index contributed by atoms with van der Waals surface area (Å²) in [7, 11) is 3.22. The van der Waals surface area contributed by atoms with Crippen molar-refractivity contribution in [2.24, 2.45) is 0 Å². The Hall–Kier alpha value is -3.61. The number of hydrogen-bond acceptors (Lipinski definition) is 6. The lowest BCUT2D eigenvalue weighted by Gasteiger charge is -2.21. The van der Waals surface area contributed by atoms with Crippen LogP contribution in [0.3, 0.4) is 0 Å². The molecule has 3 aromatic heterocycles. The van der Waals surface area contributed by atoms with Gasteiger partial charge in [-0.05, 0) is 36.8 Å². The van der Waals surface area contributed by atoms with Crippen LogP contribution < -0.4 is 9.47 Å². The third-order valence-corrected chi connectivity index (χ3v) is 5.65. The molecule has 152 valence electrons. The lowest BCUT2D eigenvalue weighted by Crippen LogP contribution is -2.21. The average molecular weight is 403 g/mol. The molecule has 30 heavy (non-hydrogen) atoms. The molecule has 1 atom stereocenters. The smallest absolute Gasteiger partial charge is 0.167 e. The van der Waals surface area contributed by atoms with Gasteiger partial charge in [-0.1, -0.05) is 6.07 Å². The van der Waals surface area contributed by atoms with Gasteiger partial charge in [0, 0.05) is 30.5 Å². The number of methoxy groups -OCH3 is 2. The Balaban J connectivity index is 1.64. The Labute approximate surface area is 173 Å². The Bertz CT molecular complexity index is 1260. The third kappa shape index (κ3) is 2.85. The van der Waals surface area contributed by atoms with E-state index in [9.17, 15) is 4.79 Å². The number of aryl methyl sites for hydroxylation is 1. The number of carbonyl (C=O) groups excluding carboxylic acids is 1. The van der Waals surface area contributed by atoms with Crippen molar-refractivity contribution in [1.82, 2.24) is 14.6 Å². The van der Waals surface area contributed by atoms with Crippen molar-refractivity contribution in [3.63, 3.8) is 0 Å². The minimum absolute atomic E-state index is 0.00324. The number of ketones is 1. The van der Waals surface area contributed by atoms with E-state index in [0.717, 1.165) is 28.3 Å². The molecule has 0 N–H and O–H groups in total. The molecule has 1 aliphatic rings. The fraction of sp³-hybridized carbons (Fsp3) is 0.261. The molecule has 0 saturated carbocycles. The number of ether oxygens (including phenoxy) is 2. The molecule has 0 radical (unpaired) electrons. The molecule has 0 saturated heterocycles. The fourth-order valence-electron chi connectivity index (χ4n) is 4.20. The summed E-state index contributed by atoms with van der Waals surface area (Å²) in [6.07, 6.45) is 4.51. The van der Waals surface area contributed by atoms with Gasteiger partial charge in [-0.15, -0.1) is 0 Å². The van der Waals surface area contributed by atoms with Crippen LogP contribution in [0.15, 0.2) is 47.2 Å². The lowest BCUT2D eigenvalue weighted by molar-refractivity contribution is 0.0958. The number of carbonyl (C=O) groups is 1. The summed E-state index contributed by atoms with van der Waals surface area (Å²) in [6, 6.07) is 9.51. The SMILES string of the molecule is COc1ccc(-c2c(C)nn3cc4c(nc23)CC(c2ccco2)CC4=O)cc1OC. The summed E-state index contributed by atoms with van der Waals surface area (Å²) in [5.41, 5.74) is 4.79. The number of nitrogens with zero attached hydrogens (tertiary/aromatic N) is 3. The van der Waals surface area contributed by atoms with Crippen LogP contribution in [0.5, 0.6) is 11.5 Å². The Morgan fingerprint density at radius 3 is 2.70 bits per heavy atom. The topological polar surface area (TPSA) is 78.9 Å². The standard InChI is InChI=1S/C23H21N3O4/c1-13-22(14-6-7-20(28-2)21(11-14)29-3)23-24-17-9-15(19-5-4-8-30-19)10-18(27)16(17)12-26(23)25-13/h4-8,11-12,15H,9-10H2,1-3H3. The normalized spacial score (nSPS) is 16.0. The number of fused-ring (bicyclic) bond motifs is 2. The first-order chi connectivity index (χ1) is 14.6. The predicted octanol–water partition coefficient (Wildman–Crippen LogP) is 4.23. The van der Waals surface area contributed by atoms with Gasteiger partial charge < -0.3 is 13.9 Å². The summed E-state index contributed by atoms with van der Waals surface area (Å²) < 4.78 is 18.1. The molecule has 1 aliphatic carbocycles. The second kappa shape index (κ2) is 7.02. The third-order valence-electron chi connectivity index (χ3n) is 5.65. The summed E-state index contributed by atoms with van der Waals surface area (Å²) in [5.74, 6) is 2.18. The molecule has 0 aliphatic heterocycles. The number of Topliss-reactive ketones (excluding diaryl/α,β-unsaturated/α-hetero) is 1. The van der Waals surface area contributed by atoms with E-state index in [4.69, 9.17) is 18.9 Å². The predicted molar refractivity (Wildman–Crippen MR) is 110 cm³/mol. The minimum Gasteiger partial charge on any atom is -0.493 e. The van der Waals surface area contributed by atoms with Crippen LogP contribution >= 0.6 is 0 Å². The molecule has 7 nitrogen and oxygen atoms in total. The van der Waals surface area contributed by atoms with Crippen molar-refractivity contribution < 1.29 is 18.7 Å². The van der Waals surface area contributed by atoms with Crippen LogP contribution in [0.4, 0.5) is 0 Å². The van der Waals surface area contributed by atoms with Crippen molar-refractivity contribution in [3.8, 4) is 22.6 Å². The summed E-state index contributed by atoms with van der Waals surface area (Å²) in [4.78, 5) is 17.7. The van der Waals surface area contributed by atoms with E-state index in [0.29, 0.717) is 35.6 Å². The lowest BCUT2D eigenvalue weighted by atomic mass is 9.85. The van der Waals surface area contributed by atoms with Crippen molar-refractivity contribution in [3.05, 3.63) is 65.5 Å². The molecule has 7 heteroatoms. The zero-order chi connectivity index (χ0) is 20.8. The van der Waals surface area contributed by atoms with Crippen molar-refractivity contribution >= 4 is 11.4 Å². The maximum Gasteiger partial charge on any atom is 0.167 e. The molecule has 4 aromatic rings. The van der Waals surface area contributed by atoms with Crippen LogP contribution in [0.25, 0.3) is 16.8 Å². The van der Waals surface area contributed by atoms with Gasteiger partial charge in [-0.25, -0.2) is 9.50 Å². The fourth-order valence-corrected chi connectivity index (χ4v) is 4.20. The number of hydrogen-bond donors (Lipinski definition) is 0. The van der Waals surface area contributed by atoms with Crippen molar-refractivity contribution in [2.75, 3.05) is 14.2 Å². The Kier molecular flexibility index (Phi) is 4.31. The monoisotopic (exact) mass is 403 g/mol. The second-order valence-electron chi connectivity index (χ2n) is 7.44. The molecular weight excluding hydrogens is 382 g/mol. The summed E-state index contributed by atoms with van der Waals surface area (Å²) in [5, 5.41) is 4.61. The number of rotatable bonds is 4. The quantitative estimate of drug-likeness (QED) is 0.507. The molecule has 1 aromatic carbocycles. The minimum atomic E-state index is 0.00324. The van der Waals surface area contributed by atoms with E-state index in [1.165, 1.54) is 0 Å². The Morgan fingerprint density at radius 2 is 1.97 bits per heavy atom. The van der Waals surface area contributed by atoms with Crippen LogP contribution in [0, 0.1) is 6.92 Å². The number of furan rings is 1. The van der Waals surface area contributed by atoms with Crippen LogP contribution in [-0.4, -0.2) is 34.6 Å². The zero-order valence-corrected chi connectivity index (χ0v) is 17.0. The molecule has 3 heterocycles. The first kappa shape index (κ1) is 18.4. The second-order valence-corrected chi connectivity index (χ2v) is 7.44. The van der Waals surface area contributed by atoms with E-state index >= 15 is 0 Å². The first-order valence-corrected chi connectivity index (χ1v) is 9.77. The van der Waals surface area contributed by atoms with Gasteiger partial charge in [0.05, 0.1) is 37.4 Å². The molecule has 5 rings (SSSR count). The molecule has 0 fully saturated rings. The average Bonchev–Trinajstić information content (AvgIpc) is 3.39. The van der Waals surface area contributed by atoms with Gasteiger partial charge >= 0.3 is 0 Å². The van der Waals surface area contributed by atoms with E-state index in [1.807, 2.05) is 37.3 Å². The van der Waals surface area contributed by atoms with Gasteiger partial charge in [0.25, 0.3) is 0 Å². The van der Waals surface area contributed by atoms with Crippen LogP contribution in [0.2, 0.25) is 0 Å². The van der Waals surface area contributed by atoms with Crippen LogP contribution in [-0.2, 0) is 6.42 Å². The molecule has 0 bridgehead atoms. The van der Waals surface area contributed by atoms with Crippen molar-refractivity contribution in [2.45, 2.75) is 25.7 Å². The first-order valence-electron chi connectivity index (χ1n) is 9.77. The Morgan fingerprint density at radius 1 is 1.13 bits per heavy atom. The van der Waals surface area contributed by atoms with E-state index in [1.54, 1.807) is 31.2 Å². The van der Waals surface area contributed by atoms with E-state index in [-0.39, 0.29) is 11.7 Å². The molecule has 1 unspecified atom stereocenters. The van der Waals surface area contributed by atoms with Gasteiger partial charge in [0.1, 0.15) is 5.76 Å². The highest BCUT2D eigenvalue weighted by atomic mass is 16.5. The number of aromatic nitrogens is 3. The van der Waals surface area contributed by atoms with Gasteiger partial charge in [-0.2, -0.15) is 5.10 Å².